The molecule has 0 spiro atoms. The Morgan fingerprint density at radius 2 is 1.88 bits per heavy atom. The highest BCUT2D eigenvalue weighted by Crippen LogP contribution is 2.19. The van der Waals surface area contributed by atoms with Gasteiger partial charge in [0.15, 0.2) is 5.78 Å². The smallest absolute Gasteiger partial charge is 0.189 e. The zero-order valence-corrected chi connectivity index (χ0v) is 14.5. The zero-order chi connectivity index (χ0) is 17.9. The van der Waals surface area contributed by atoms with Crippen LogP contribution in [0.25, 0.3) is 6.08 Å². The van der Waals surface area contributed by atoms with E-state index < -0.39 is 6.10 Å². The molecule has 4 heteroatoms. The summed E-state index contributed by atoms with van der Waals surface area (Å²) in [6.07, 6.45) is 3.72. The quantitative estimate of drug-likeness (QED) is 0.396. The van der Waals surface area contributed by atoms with Gasteiger partial charge in [-0.05, 0) is 36.7 Å². The minimum absolute atomic E-state index is 0.127. The van der Waals surface area contributed by atoms with Gasteiger partial charge < -0.3 is 15.2 Å². The third kappa shape index (κ3) is 6.53. The van der Waals surface area contributed by atoms with E-state index in [4.69, 9.17) is 4.74 Å². The van der Waals surface area contributed by atoms with E-state index in [1.165, 1.54) is 6.08 Å². The summed E-state index contributed by atoms with van der Waals surface area (Å²) in [5, 5.41) is 13.1. The fraction of sp³-hybridized carbons (Fsp3) is 0.286. The maximum Gasteiger partial charge on any atom is 0.189 e. The summed E-state index contributed by atoms with van der Waals surface area (Å²) in [4.78, 5) is 12.5. The fourth-order valence-electron chi connectivity index (χ4n) is 2.31. The Hall–Kier alpha value is -2.43. The highest BCUT2D eigenvalue weighted by atomic mass is 16.5. The van der Waals surface area contributed by atoms with Crippen molar-refractivity contribution in [3.8, 4) is 5.75 Å². The number of nitrogens with one attached hydrogen (secondary N) is 1. The fourth-order valence-corrected chi connectivity index (χ4v) is 2.31. The first-order valence-corrected chi connectivity index (χ1v) is 8.58. The number of hydrogen-bond donors (Lipinski definition) is 2. The van der Waals surface area contributed by atoms with E-state index >= 15 is 0 Å². The summed E-state index contributed by atoms with van der Waals surface area (Å²) in [7, 11) is 0. The van der Waals surface area contributed by atoms with Gasteiger partial charge in [0.25, 0.3) is 0 Å². The minimum atomic E-state index is -0.616. The molecule has 2 aromatic carbocycles. The molecule has 2 rings (SSSR count). The van der Waals surface area contributed by atoms with E-state index in [0.29, 0.717) is 17.9 Å². The number of allylic oxidation sites excluding steroid dienone is 1. The number of rotatable bonds is 10. The Labute approximate surface area is 149 Å². The molecule has 0 aliphatic heterocycles. The van der Waals surface area contributed by atoms with Crippen molar-refractivity contribution in [2.75, 3.05) is 19.7 Å². The van der Waals surface area contributed by atoms with Gasteiger partial charge in [-0.2, -0.15) is 0 Å². The molecule has 2 aromatic rings. The standard InChI is InChI=1S/C21H25NO3/c1-2-14-22-15-18(23)16-25-21-11-7-6-10-19(21)20(24)13-12-17-8-4-3-5-9-17/h3-13,18,22-23H,2,14-16H2,1H3/b13-12-. The molecule has 0 radical (unpaired) electrons. The van der Waals surface area contributed by atoms with Crippen LogP contribution in [0.2, 0.25) is 0 Å². The van der Waals surface area contributed by atoms with Crippen molar-refractivity contribution in [3.63, 3.8) is 0 Å². The third-order valence-corrected chi connectivity index (χ3v) is 3.62. The molecular formula is C21H25NO3. The number of ketones is 1. The molecule has 0 amide bonds. The molecule has 0 aromatic heterocycles. The van der Waals surface area contributed by atoms with Gasteiger partial charge in [0, 0.05) is 6.54 Å². The van der Waals surface area contributed by atoms with Crippen LogP contribution in [0, 0.1) is 0 Å². The lowest BCUT2D eigenvalue weighted by Crippen LogP contribution is -2.32. The summed E-state index contributed by atoms with van der Waals surface area (Å²) < 4.78 is 5.66. The molecule has 25 heavy (non-hydrogen) atoms. The Bertz CT molecular complexity index is 683. The highest BCUT2D eigenvalue weighted by molar-refractivity contribution is 6.08. The number of carbonyl (C=O) groups is 1. The van der Waals surface area contributed by atoms with E-state index in [2.05, 4.69) is 12.2 Å². The van der Waals surface area contributed by atoms with Gasteiger partial charge in [0.2, 0.25) is 0 Å². The third-order valence-electron chi connectivity index (χ3n) is 3.62. The van der Waals surface area contributed by atoms with Crippen molar-refractivity contribution in [1.82, 2.24) is 5.32 Å². The topological polar surface area (TPSA) is 58.6 Å². The van der Waals surface area contributed by atoms with Gasteiger partial charge in [0.05, 0.1) is 5.56 Å². The first-order chi connectivity index (χ1) is 12.2. The summed E-state index contributed by atoms with van der Waals surface area (Å²) in [5.74, 6) is 0.359. The van der Waals surface area contributed by atoms with Crippen LogP contribution in [0.1, 0.15) is 29.3 Å². The van der Waals surface area contributed by atoms with Crippen LogP contribution >= 0.6 is 0 Å². The van der Waals surface area contributed by atoms with Crippen molar-refractivity contribution in [1.29, 1.82) is 0 Å². The summed E-state index contributed by atoms with van der Waals surface area (Å²) in [6.45, 7) is 3.54. The molecule has 4 nitrogen and oxygen atoms in total. The number of ether oxygens (including phenoxy) is 1. The number of para-hydroxylation sites is 1. The predicted molar refractivity (Wildman–Crippen MR) is 101 cm³/mol. The Morgan fingerprint density at radius 1 is 1.16 bits per heavy atom. The molecule has 0 bridgehead atoms. The van der Waals surface area contributed by atoms with Crippen molar-refractivity contribution < 1.29 is 14.6 Å². The SMILES string of the molecule is CCCNCC(O)COc1ccccc1C(=O)/C=C\c1ccccc1. The molecule has 0 saturated heterocycles. The molecule has 0 aliphatic carbocycles. The molecular weight excluding hydrogens is 314 g/mol. The lowest BCUT2D eigenvalue weighted by molar-refractivity contribution is 0.0995. The number of carbonyl (C=O) groups excluding carboxylic acids is 1. The second kappa shape index (κ2) is 10.4. The van der Waals surface area contributed by atoms with Crippen LogP contribution in [0.15, 0.2) is 60.7 Å². The van der Waals surface area contributed by atoms with Gasteiger partial charge in [-0.25, -0.2) is 0 Å². The molecule has 0 saturated carbocycles. The van der Waals surface area contributed by atoms with Crippen LogP contribution < -0.4 is 10.1 Å². The summed E-state index contributed by atoms with van der Waals surface area (Å²) >= 11 is 0. The van der Waals surface area contributed by atoms with Gasteiger partial charge in [0.1, 0.15) is 18.5 Å². The van der Waals surface area contributed by atoms with Crippen molar-refractivity contribution in [2.24, 2.45) is 0 Å². The Kier molecular flexibility index (Phi) is 7.89. The molecule has 0 heterocycles. The van der Waals surface area contributed by atoms with Crippen LogP contribution in [0.4, 0.5) is 0 Å². The van der Waals surface area contributed by atoms with Crippen LogP contribution in [-0.4, -0.2) is 36.7 Å². The molecule has 0 fully saturated rings. The summed E-state index contributed by atoms with van der Waals surface area (Å²) in [6, 6.07) is 16.7. The van der Waals surface area contributed by atoms with Crippen molar-refractivity contribution in [2.45, 2.75) is 19.4 Å². The normalized spacial score (nSPS) is 12.2. The lowest BCUT2D eigenvalue weighted by atomic mass is 10.1. The predicted octanol–water partition coefficient (Wildman–Crippen LogP) is 3.32. The van der Waals surface area contributed by atoms with E-state index in [9.17, 15) is 9.90 Å². The lowest BCUT2D eigenvalue weighted by Gasteiger charge is -2.14. The molecule has 1 unspecified atom stereocenters. The maximum atomic E-state index is 12.5. The first kappa shape index (κ1) is 18.9. The molecule has 0 aliphatic rings. The first-order valence-electron chi connectivity index (χ1n) is 8.58. The van der Waals surface area contributed by atoms with Crippen molar-refractivity contribution in [3.05, 3.63) is 71.8 Å². The Morgan fingerprint density at radius 3 is 2.64 bits per heavy atom. The second-order valence-corrected chi connectivity index (χ2v) is 5.77. The Balaban J connectivity index is 1.97. The van der Waals surface area contributed by atoms with Crippen LogP contribution in [0.5, 0.6) is 5.75 Å². The second-order valence-electron chi connectivity index (χ2n) is 5.77. The van der Waals surface area contributed by atoms with E-state index in [1.54, 1.807) is 24.3 Å². The number of aliphatic hydroxyl groups is 1. The van der Waals surface area contributed by atoms with Crippen LogP contribution in [-0.2, 0) is 0 Å². The zero-order valence-electron chi connectivity index (χ0n) is 14.5. The largest absolute Gasteiger partial charge is 0.490 e. The summed E-state index contributed by atoms with van der Waals surface area (Å²) in [5.41, 5.74) is 1.45. The van der Waals surface area contributed by atoms with E-state index in [-0.39, 0.29) is 12.4 Å². The maximum absolute atomic E-state index is 12.5. The number of aliphatic hydroxyl groups excluding tert-OH is 1. The molecule has 1 atom stereocenters. The average molecular weight is 339 g/mol. The van der Waals surface area contributed by atoms with Gasteiger partial charge >= 0.3 is 0 Å². The monoisotopic (exact) mass is 339 g/mol. The molecule has 2 N–H and O–H groups in total. The minimum Gasteiger partial charge on any atom is -0.490 e. The average Bonchev–Trinajstić information content (AvgIpc) is 2.66. The number of hydrogen-bond acceptors (Lipinski definition) is 4. The van der Waals surface area contributed by atoms with Crippen molar-refractivity contribution >= 4 is 11.9 Å². The van der Waals surface area contributed by atoms with E-state index in [1.807, 2.05) is 36.4 Å². The van der Waals surface area contributed by atoms with Gasteiger partial charge in [-0.3, -0.25) is 4.79 Å². The van der Waals surface area contributed by atoms with Crippen LogP contribution in [0.3, 0.4) is 0 Å². The molecule has 132 valence electrons. The number of benzene rings is 2. The van der Waals surface area contributed by atoms with Gasteiger partial charge in [-0.15, -0.1) is 0 Å². The van der Waals surface area contributed by atoms with E-state index in [0.717, 1.165) is 18.5 Å². The highest BCUT2D eigenvalue weighted by Gasteiger charge is 2.11. The van der Waals surface area contributed by atoms with Gasteiger partial charge in [-0.1, -0.05) is 55.5 Å².